The molecule has 0 radical (unpaired) electrons. The summed E-state index contributed by atoms with van der Waals surface area (Å²) in [4.78, 5) is 32.2. The van der Waals surface area contributed by atoms with E-state index in [0.29, 0.717) is 17.0 Å². The van der Waals surface area contributed by atoms with Gasteiger partial charge >= 0.3 is 0 Å². The smallest absolute Gasteiger partial charge is 0.296 e. The van der Waals surface area contributed by atoms with Gasteiger partial charge in [-0.1, -0.05) is 29.8 Å². The Morgan fingerprint density at radius 3 is 2.31 bits per heavy atom. The van der Waals surface area contributed by atoms with Crippen LogP contribution in [0.1, 0.15) is 22.9 Å². The summed E-state index contributed by atoms with van der Waals surface area (Å²) in [6.07, 6.45) is 1.61. The summed E-state index contributed by atoms with van der Waals surface area (Å²) >= 11 is 6.21. The Morgan fingerprint density at radius 2 is 1.71 bits per heavy atom. The number of ether oxygens (including phenoxy) is 3. The van der Waals surface area contributed by atoms with Crippen molar-refractivity contribution in [3.8, 4) is 17.2 Å². The maximum Gasteiger partial charge on any atom is 0.296 e. The van der Waals surface area contributed by atoms with Gasteiger partial charge in [0, 0.05) is 12.3 Å². The van der Waals surface area contributed by atoms with E-state index in [0.717, 1.165) is 0 Å². The van der Waals surface area contributed by atoms with E-state index in [1.165, 1.54) is 31.3 Å². The molecule has 0 aliphatic carbocycles. The average molecular weight is 495 g/mol. The maximum absolute atomic E-state index is 13.3. The number of aliphatic hydroxyl groups is 1. The highest BCUT2D eigenvalue weighted by Crippen LogP contribution is 2.43. The molecule has 1 atom stereocenters. The molecule has 8 nitrogen and oxygen atoms in total. The molecule has 1 aliphatic rings. The second-order valence-corrected chi connectivity index (χ2v) is 8.12. The molecule has 1 unspecified atom stereocenters. The predicted molar refractivity (Wildman–Crippen MR) is 130 cm³/mol. The number of ketones is 1. The molecule has 1 aliphatic heterocycles. The molecule has 0 saturated carbocycles. The number of halogens is 1. The number of methoxy groups -OCH3 is 3. The van der Waals surface area contributed by atoms with E-state index in [1.807, 2.05) is 0 Å². The van der Waals surface area contributed by atoms with E-state index in [2.05, 4.69) is 4.98 Å². The van der Waals surface area contributed by atoms with Gasteiger partial charge in [-0.3, -0.25) is 14.6 Å². The summed E-state index contributed by atoms with van der Waals surface area (Å²) in [5.74, 6) is -0.873. The third-order valence-electron chi connectivity index (χ3n) is 5.76. The number of amides is 1. The number of benzene rings is 2. The number of carbonyl (C=O) groups excluding carboxylic acids is 2. The lowest BCUT2D eigenvalue weighted by atomic mass is 9.94. The van der Waals surface area contributed by atoms with Crippen LogP contribution in [0.25, 0.3) is 5.76 Å². The normalized spacial score (nSPS) is 16.9. The van der Waals surface area contributed by atoms with Crippen LogP contribution in [0.5, 0.6) is 17.2 Å². The first-order valence-electron chi connectivity index (χ1n) is 10.6. The number of carbonyl (C=O) groups is 2. The van der Waals surface area contributed by atoms with Crippen molar-refractivity contribution in [2.45, 2.75) is 12.6 Å². The number of Topliss-reactive ketones (excluding diaryl/α,β-unsaturated/α-hetero) is 1. The maximum atomic E-state index is 13.3. The van der Waals surface area contributed by atoms with Crippen molar-refractivity contribution in [3.63, 3.8) is 0 Å². The molecule has 1 amide bonds. The van der Waals surface area contributed by atoms with Crippen LogP contribution in [0.15, 0.2) is 66.4 Å². The highest BCUT2D eigenvalue weighted by Gasteiger charge is 2.46. The Labute approximate surface area is 207 Å². The molecule has 1 saturated heterocycles. The van der Waals surface area contributed by atoms with Gasteiger partial charge in [0.25, 0.3) is 11.7 Å². The Balaban J connectivity index is 1.92. The van der Waals surface area contributed by atoms with Crippen molar-refractivity contribution in [1.29, 1.82) is 0 Å². The lowest BCUT2D eigenvalue weighted by Gasteiger charge is -2.25. The minimum atomic E-state index is -0.880. The molecule has 1 aromatic heterocycles. The average Bonchev–Trinajstić information content (AvgIpc) is 3.13. The minimum Gasteiger partial charge on any atom is -0.507 e. The summed E-state index contributed by atoms with van der Waals surface area (Å²) < 4.78 is 15.9. The second kappa shape index (κ2) is 10.1. The molecule has 35 heavy (non-hydrogen) atoms. The summed E-state index contributed by atoms with van der Waals surface area (Å²) in [5.41, 5.74) is 1.29. The number of aromatic nitrogens is 1. The van der Waals surface area contributed by atoms with Crippen LogP contribution in [0.2, 0.25) is 5.02 Å². The third kappa shape index (κ3) is 4.52. The number of hydrogen-bond acceptors (Lipinski definition) is 7. The lowest BCUT2D eigenvalue weighted by molar-refractivity contribution is -0.140. The van der Waals surface area contributed by atoms with Gasteiger partial charge in [0.05, 0.1) is 55.8 Å². The monoisotopic (exact) mass is 494 g/mol. The molecule has 9 heteroatoms. The minimum absolute atomic E-state index is 0.0694. The second-order valence-electron chi connectivity index (χ2n) is 7.71. The number of hydrogen-bond donors (Lipinski definition) is 1. The van der Waals surface area contributed by atoms with E-state index in [4.69, 9.17) is 25.8 Å². The fourth-order valence-electron chi connectivity index (χ4n) is 4.03. The highest BCUT2D eigenvalue weighted by atomic mass is 35.5. The first-order chi connectivity index (χ1) is 16.9. The van der Waals surface area contributed by atoms with E-state index in [9.17, 15) is 14.7 Å². The van der Waals surface area contributed by atoms with Crippen LogP contribution in [-0.4, -0.2) is 48.0 Å². The molecular formula is C26H23ClN2O6. The molecule has 0 spiro atoms. The SMILES string of the molecule is COc1ccc(C2/C(=C(\O)c3cc(OC)c(Cl)cc3OC)C(=O)C(=O)N2Cc2ccccn2)cc1. The van der Waals surface area contributed by atoms with Crippen LogP contribution in [0.4, 0.5) is 0 Å². The van der Waals surface area contributed by atoms with Crippen LogP contribution >= 0.6 is 11.6 Å². The number of pyridine rings is 1. The van der Waals surface area contributed by atoms with Crippen molar-refractivity contribution >= 4 is 29.1 Å². The molecule has 1 N–H and O–H groups in total. The number of likely N-dealkylation sites (tertiary alicyclic amines) is 1. The Hall–Kier alpha value is -4.04. The van der Waals surface area contributed by atoms with Gasteiger partial charge < -0.3 is 24.2 Å². The highest BCUT2D eigenvalue weighted by molar-refractivity contribution is 6.46. The largest absolute Gasteiger partial charge is 0.507 e. The zero-order valence-corrected chi connectivity index (χ0v) is 20.1. The Bertz CT molecular complexity index is 1290. The van der Waals surface area contributed by atoms with E-state index in [-0.39, 0.29) is 34.2 Å². The summed E-state index contributed by atoms with van der Waals surface area (Å²) in [7, 11) is 4.39. The topological polar surface area (TPSA) is 98.2 Å². The van der Waals surface area contributed by atoms with E-state index in [1.54, 1.807) is 55.8 Å². The third-order valence-corrected chi connectivity index (χ3v) is 6.05. The van der Waals surface area contributed by atoms with Gasteiger partial charge in [0.15, 0.2) is 0 Å². The zero-order valence-electron chi connectivity index (χ0n) is 19.3. The van der Waals surface area contributed by atoms with Crippen LogP contribution in [-0.2, 0) is 16.1 Å². The summed E-state index contributed by atoms with van der Waals surface area (Å²) in [6, 6.07) is 14.3. The summed E-state index contributed by atoms with van der Waals surface area (Å²) in [5, 5.41) is 11.7. The van der Waals surface area contributed by atoms with Gasteiger partial charge in [0.1, 0.15) is 23.0 Å². The first-order valence-corrected chi connectivity index (χ1v) is 11.0. The van der Waals surface area contributed by atoms with Crippen LogP contribution < -0.4 is 14.2 Å². The molecule has 180 valence electrons. The van der Waals surface area contributed by atoms with Crippen molar-refractivity contribution in [3.05, 3.63) is 88.2 Å². The van der Waals surface area contributed by atoms with Crippen LogP contribution in [0, 0.1) is 0 Å². The van der Waals surface area contributed by atoms with E-state index < -0.39 is 23.5 Å². The van der Waals surface area contributed by atoms with Gasteiger partial charge in [-0.2, -0.15) is 0 Å². The number of nitrogens with zero attached hydrogens (tertiary/aromatic N) is 2. The molecule has 0 bridgehead atoms. The fourth-order valence-corrected chi connectivity index (χ4v) is 4.26. The molecule has 2 heterocycles. The Morgan fingerprint density at radius 1 is 1.00 bits per heavy atom. The summed E-state index contributed by atoms with van der Waals surface area (Å²) in [6.45, 7) is 0.0694. The van der Waals surface area contributed by atoms with Crippen LogP contribution in [0.3, 0.4) is 0 Å². The van der Waals surface area contributed by atoms with Gasteiger partial charge in [-0.25, -0.2) is 0 Å². The predicted octanol–water partition coefficient (Wildman–Crippen LogP) is 4.38. The van der Waals surface area contributed by atoms with E-state index >= 15 is 0 Å². The molecule has 2 aromatic carbocycles. The number of rotatable bonds is 7. The first kappa shape index (κ1) is 24.1. The van der Waals surface area contributed by atoms with Crippen molar-refractivity contribution < 1.29 is 28.9 Å². The fraction of sp³-hybridized carbons (Fsp3) is 0.192. The van der Waals surface area contributed by atoms with Gasteiger partial charge in [-0.15, -0.1) is 0 Å². The molecule has 1 fully saturated rings. The lowest BCUT2D eigenvalue weighted by Crippen LogP contribution is -2.29. The zero-order chi connectivity index (χ0) is 25.1. The molecule has 3 aromatic rings. The quantitative estimate of drug-likeness (QED) is 0.295. The standard InChI is InChI=1S/C26H23ClN2O6/c1-33-17-9-7-15(8-10-17)23-22(24(30)18-12-21(35-3)19(27)13-20(18)34-2)25(31)26(32)29(23)14-16-6-4-5-11-28-16/h4-13,23,30H,14H2,1-3H3/b24-22+. The van der Waals surface area contributed by atoms with Crippen molar-refractivity contribution in [2.75, 3.05) is 21.3 Å². The van der Waals surface area contributed by atoms with Crippen molar-refractivity contribution in [1.82, 2.24) is 9.88 Å². The number of aliphatic hydroxyl groups excluding tert-OH is 1. The Kier molecular flexibility index (Phi) is 6.93. The molecule has 4 rings (SSSR count). The van der Waals surface area contributed by atoms with Crippen molar-refractivity contribution in [2.24, 2.45) is 0 Å². The molecular weight excluding hydrogens is 472 g/mol. The van der Waals surface area contributed by atoms with Gasteiger partial charge in [-0.05, 0) is 35.9 Å². The van der Waals surface area contributed by atoms with Gasteiger partial charge in [0.2, 0.25) is 0 Å².